The number of hydrogen-bond acceptors (Lipinski definition) is 7. The predicted octanol–water partition coefficient (Wildman–Crippen LogP) is 4.20. The summed E-state index contributed by atoms with van der Waals surface area (Å²) in [6.07, 6.45) is 6.21. The molecular weight excluding hydrogens is 497 g/mol. The van der Waals surface area contributed by atoms with E-state index >= 15 is 0 Å². The Labute approximate surface area is 217 Å². The topological polar surface area (TPSA) is 96.8 Å². The molecule has 9 nitrogen and oxygen atoms in total. The summed E-state index contributed by atoms with van der Waals surface area (Å²) in [4.78, 5) is 18.0. The number of nitrogens with zero attached hydrogens (tertiary/aromatic N) is 6. The lowest BCUT2D eigenvalue weighted by atomic mass is 9.84. The summed E-state index contributed by atoms with van der Waals surface area (Å²) < 4.78 is 47.8. The summed E-state index contributed by atoms with van der Waals surface area (Å²) in [5, 5.41) is 8.46. The Morgan fingerprint density at radius 3 is 2.71 bits per heavy atom. The number of pyridine rings is 1. The van der Waals surface area contributed by atoms with Crippen molar-refractivity contribution >= 4 is 11.0 Å². The lowest BCUT2D eigenvalue weighted by molar-refractivity contribution is -0.141. The predicted molar refractivity (Wildman–Crippen MR) is 134 cm³/mol. The zero-order valence-electron chi connectivity index (χ0n) is 20.9. The number of halogens is 3. The maximum Gasteiger partial charge on any atom is 0.433 e. The van der Waals surface area contributed by atoms with Gasteiger partial charge in [0.25, 0.3) is 0 Å². The van der Waals surface area contributed by atoms with Crippen molar-refractivity contribution in [3.05, 3.63) is 54.4 Å². The number of alkyl halides is 3. The van der Waals surface area contributed by atoms with E-state index in [-0.39, 0.29) is 12.0 Å². The molecule has 1 saturated carbocycles. The van der Waals surface area contributed by atoms with Gasteiger partial charge < -0.3 is 15.0 Å². The first-order valence-corrected chi connectivity index (χ1v) is 12.8. The summed E-state index contributed by atoms with van der Waals surface area (Å²) in [6.45, 7) is 2.01. The van der Waals surface area contributed by atoms with E-state index in [9.17, 15) is 13.2 Å². The smallest absolute Gasteiger partial charge is 0.433 e. The lowest BCUT2D eigenvalue weighted by Crippen LogP contribution is -2.50. The van der Waals surface area contributed by atoms with Crippen LogP contribution in [0.4, 0.5) is 13.2 Å². The van der Waals surface area contributed by atoms with Gasteiger partial charge in [0.05, 0.1) is 17.9 Å². The van der Waals surface area contributed by atoms with Gasteiger partial charge in [0.1, 0.15) is 23.8 Å². The lowest BCUT2D eigenvalue weighted by Gasteiger charge is -2.45. The molecule has 1 saturated heterocycles. The van der Waals surface area contributed by atoms with Crippen LogP contribution in [0.1, 0.15) is 43.0 Å². The van der Waals surface area contributed by atoms with Gasteiger partial charge in [0.2, 0.25) is 5.88 Å². The molecule has 0 bridgehead atoms. The van der Waals surface area contributed by atoms with E-state index in [1.165, 1.54) is 0 Å². The standard InChI is InChI=1S/C26H29F3N8O/c1-30-12-16-8-22(26(27,28)29)35-23(9-16)38-20-3-6-36(7-4-20)18-10-19(11-18)37-14-17(13-34-37)24-21-2-5-31-25(21)33-15-32-24/h2,5,8-9,13-15,18-20,30H,3-4,6-7,10-12H2,1H3,(H,31,32,33). The Balaban J connectivity index is 1.03. The second-order valence-electron chi connectivity index (χ2n) is 10.0. The number of aromatic nitrogens is 6. The van der Waals surface area contributed by atoms with Crippen LogP contribution in [0.2, 0.25) is 0 Å². The number of likely N-dealkylation sites (tertiary alicyclic amines) is 1. The van der Waals surface area contributed by atoms with Gasteiger partial charge in [-0.15, -0.1) is 0 Å². The molecule has 0 unspecified atom stereocenters. The third-order valence-electron chi connectivity index (χ3n) is 7.50. The Kier molecular flexibility index (Phi) is 6.52. The fourth-order valence-electron chi connectivity index (χ4n) is 5.44. The molecule has 38 heavy (non-hydrogen) atoms. The zero-order chi connectivity index (χ0) is 26.3. The molecule has 1 aliphatic carbocycles. The second-order valence-corrected chi connectivity index (χ2v) is 10.0. The normalized spacial score (nSPS) is 21.1. The fourth-order valence-corrected chi connectivity index (χ4v) is 5.44. The van der Waals surface area contributed by atoms with Crippen LogP contribution in [-0.2, 0) is 12.7 Å². The number of piperidine rings is 1. The van der Waals surface area contributed by atoms with Crippen molar-refractivity contribution in [2.45, 2.75) is 56.6 Å². The minimum atomic E-state index is -4.51. The van der Waals surface area contributed by atoms with Crippen molar-refractivity contribution in [2.24, 2.45) is 0 Å². The largest absolute Gasteiger partial charge is 0.474 e. The van der Waals surface area contributed by atoms with Gasteiger partial charge in [-0.05, 0) is 50.4 Å². The quantitative estimate of drug-likeness (QED) is 0.373. The van der Waals surface area contributed by atoms with E-state index in [1.54, 1.807) is 19.4 Å². The number of ether oxygens (including phenoxy) is 1. The van der Waals surface area contributed by atoms with Gasteiger partial charge in [0.15, 0.2) is 0 Å². The van der Waals surface area contributed by atoms with Crippen molar-refractivity contribution < 1.29 is 17.9 Å². The molecule has 4 aromatic rings. The van der Waals surface area contributed by atoms with Crippen molar-refractivity contribution in [3.63, 3.8) is 0 Å². The van der Waals surface area contributed by atoms with E-state index in [0.29, 0.717) is 24.2 Å². The molecule has 2 fully saturated rings. The van der Waals surface area contributed by atoms with Gasteiger partial charge in [-0.2, -0.15) is 18.3 Å². The number of rotatable bonds is 7. The van der Waals surface area contributed by atoms with Crippen LogP contribution >= 0.6 is 0 Å². The third kappa shape index (κ3) is 4.97. The molecule has 2 N–H and O–H groups in total. The van der Waals surface area contributed by atoms with Gasteiger partial charge in [-0.1, -0.05) is 0 Å². The number of hydrogen-bond donors (Lipinski definition) is 2. The highest BCUT2D eigenvalue weighted by atomic mass is 19.4. The maximum atomic E-state index is 13.3. The van der Waals surface area contributed by atoms with Crippen LogP contribution in [0.25, 0.3) is 22.3 Å². The van der Waals surface area contributed by atoms with E-state index < -0.39 is 11.9 Å². The van der Waals surface area contributed by atoms with Crippen molar-refractivity contribution in [3.8, 4) is 17.1 Å². The summed E-state index contributed by atoms with van der Waals surface area (Å²) >= 11 is 0. The molecule has 0 radical (unpaired) electrons. The number of H-pyrrole nitrogens is 1. The Bertz CT molecular complexity index is 1400. The summed E-state index contributed by atoms with van der Waals surface area (Å²) in [7, 11) is 1.69. The molecule has 4 aromatic heterocycles. The van der Waals surface area contributed by atoms with E-state index in [1.807, 2.05) is 23.1 Å². The molecule has 2 aliphatic rings. The molecule has 12 heteroatoms. The molecule has 0 aromatic carbocycles. The van der Waals surface area contributed by atoms with Crippen LogP contribution in [-0.4, -0.2) is 66.9 Å². The minimum absolute atomic E-state index is 0.0438. The van der Waals surface area contributed by atoms with Gasteiger partial charge in [0, 0.05) is 55.1 Å². The molecule has 0 spiro atoms. The third-order valence-corrected chi connectivity index (χ3v) is 7.50. The van der Waals surface area contributed by atoms with Crippen molar-refractivity contribution in [1.82, 2.24) is 39.9 Å². The van der Waals surface area contributed by atoms with Crippen LogP contribution in [0.5, 0.6) is 5.88 Å². The first-order valence-electron chi connectivity index (χ1n) is 12.8. The molecule has 6 rings (SSSR count). The molecule has 200 valence electrons. The first-order chi connectivity index (χ1) is 18.4. The van der Waals surface area contributed by atoms with Gasteiger partial charge in [-0.3, -0.25) is 9.58 Å². The molecule has 5 heterocycles. The minimum Gasteiger partial charge on any atom is -0.474 e. The molecule has 0 amide bonds. The highest BCUT2D eigenvalue weighted by Gasteiger charge is 2.38. The van der Waals surface area contributed by atoms with E-state index in [2.05, 4.69) is 41.4 Å². The van der Waals surface area contributed by atoms with E-state index in [0.717, 1.165) is 67.1 Å². The van der Waals surface area contributed by atoms with Gasteiger partial charge in [-0.25, -0.2) is 15.0 Å². The van der Waals surface area contributed by atoms with Crippen LogP contribution in [0.3, 0.4) is 0 Å². The van der Waals surface area contributed by atoms with E-state index in [4.69, 9.17) is 4.74 Å². The number of fused-ring (bicyclic) bond motifs is 1. The number of nitrogens with one attached hydrogen (secondary N) is 2. The monoisotopic (exact) mass is 526 g/mol. The van der Waals surface area contributed by atoms with Crippen LogP contribution < -0.4 is 10.1 Å². The average Bonchev–Trinajstić information content (AvgIpc) is 3.54. The first kappa shape index (κ1) is 24.8. The number of aromatic amines is 1. The van der Waals surface area contributed by atoms with Crippen molar-refractivity contribution in [2.75, 3.05) is 20.1 Å². The van der Waals surface area contributed by atoms with Crippen LogP contribution in [0.15, 0.2) is 43.1 Å². The molecule has 0 atom stereocenters. The summed E-state index contributed by atoms with van der Waals surface area (Å²) in [5.74, 6) is 0.0438. The highest BCUT2D eigenvalue weighted by molar-refractivity contribution is 5.89. The Morgan fingerprint density at radius 2 is 1.95 bits per heavy atom. The fraction of sp³-hybridized carbons (Fsp3) is 0.462. The summed E-state index contributed by atoms with van der Waals surface area (Å²) in [6, 6.07) is 5.44. The Hall–Kier alpha value is -3.51. The van der Waals surface area contributed by atoms with Gasteiger partial charge >= 0.3 is 6.18 Å². The summed E-state index contributed by atoms with van der Waals surface area (Å²) in [5.41, 5.74) is 2.23. The Morgan fingerprint density at radius 1 is 1.13 bits per heavy atom. The SMILES string of the molecule is CNCc1cc(OC2CCN(C3CC(n4cc(-c5ncnc6[nH]ccc56)cn4)C3)CC2)nc(C(F)(F)F)c1. The second kappa shape index (κ2) is 9.99. The highest BCUT2D eigenvalue weighted by Crippen LogP contribution is 2.38. The van der Waals surface area contributed by atoms with Crippen LogP contribution in [0, 0.1) is 0 Å². The molecular formula is C26H29F3N8O. The van der Waals surface area contributed by atoms with Crippen molar-refractivity contribution in [1.29, 1.82) is 0 Å². The zero-order valence-corrected chi connectivity index (χ0v) is 20.9. The average molecular weight is 527 g/mol. The molecule has 1 aliphatic heterocycles. The maximum absolute atomic E-state index is 13.3.